The molecule has 0 radical (unpaired) electrons. The fourth-order valence-electron chi connectivity index (χ4n) is 8.82. The molecule has 4 heterocycles. The van der Waals surface area contributed by atoms with E-state index < -0.39 is 0 Å². The first-order valence-corrected chi connectivity index (χ1v) is 15.5. The van der Waals surface area contributed by atoms with Gasteiger partial charge >= 0.3 is 5.97 Å². The first kappa shape index (κ1) is 26.4. The van der Waals surface area contributed by atoms with E-state index in [1.54, 1.807) is 14.0 Å². The van der Waals surface area contributed by atoms with Crippen molar-refractivity contribution >= 4 is 5.97 Å². The molecule has 6 aliphatic rings. The quantitative estimate of drug-likeness (QED) is 0.431. The Morgan fingerprint density at radius 2 is 1.79 bits per heavy atom. The third-order valence-corrected chi connectivity index (χ3v) is 10.8. The van der Waals surface area contributed by atoms with E-state index in [-0.39, 0.29) is 35.4 Å². The van der Waals surface area contributed by atoms with Crippen LogP contribution in [0.15, 0.2) is 34.7 Å². The molecule has 4 aliphatic heterocycles. The Bertz CT molecular complexity index is 1010. The molecule has 1 spiro atoms. The second kappa shape index (κ2) is 10.6. The number of allylic oxidation sites excluding steroid dienone is 1. The largest absolute Gasteiger partial charge is 0.492 e. The first-order chi connectivity index (χ1) is 18.4. The molecule has 0 aromatic rings. The van der Waals surface area contributed by atoms with Crippen LogP contribution in [-0.4, -0.2) is 47.8 Å². The van der Waals surface area contributed by atoms with Gasteiger partial charge in [-0.05, 0) is 51.0 Å². The average molecular weight is 526 g/mol. The normalized spacial score (nSPS) is 36.7. The summed E-state index contributed by atoms with van der Waals surface area (Å²) in [7, 11) is 1.59. The van der Waals surface area contributed by atoms with Crippen LogP contribution in [0.5, 0.6) is 0 Å². The molecule has 38 heavy (non-hydrogen) atoms. The standard InChI is InChI=1S/C32H47NO5/c1-20-27-24-14-10-13-23(25(34)17-22-11-6-4-7-12-22)33(24)19-32(15-8-5-9-16-32)18-26(27)37-29(20)30-28(36-3)21(2)31(35)38-30/h18,20,22-25,27,34H,4-17,19H2,1-3H3. The van der Waals surface area contributed by atoms with E-state index >= 15 is 0 Å². The zero-order valence-electron chi connectivity index (χ0n) is 23.7. The molecule has 2 saturated heterocycles. The second-order valence-corrected chi connectivity index (χ2v) is 13.2. The van der Waals surface area contributed by atoms with Gasteiger partial charge in [0, 0.05) is 35.9 Å². The molecule has 2 aliphatic carbocycles. The van der Waals surface area contributed by atoms with Crippen molar-refractivity contribution < 1.29 is 24.1 Å². The molecule has 6 rings (SSSR count). The van der Waals surface area contributed by atoms with Gasteiger partial charge in [0.1, 0.15) is 5.76 Å². The zero-order chi connectivity index (χ0) is 26.4. The number of piperidine rings is 1. The summed E-state index contributed by atoms with van der Waals surface area (Å²) in [4.78, 5) is 15.2. The van der Waals surface area contributed by atoms with Crippen molar-refractivity contribution in [1.82, 2.24) is 4.90 Å². The average Bonchev–Trinajstić information content (AvgIpc) is 3.34. The second-order valence-electron chi connectivity index (χ2n) is 13.2. The Balaban J connectivity index is 1.36. The van der Waals surface area contributed by atoms with Crippen LogP contribution in [0.2, 0.25) is 0 Å². The number of hydrogen-bond donors (Lipinski definition) is 1. The van der Waals surface area contributed by atoms with Crippen LogP contribution in [0, 0.1) is 23.2 Å². The number of carbonyl (C=O) groups excluding carboxylic acids is 1. The fourth-order valence-corrected chi connectivity index (χ4v) is 8.82. The van der Waals surface area contributed by atoms with Crippen molar-refractivity contribution in [3.63, 3.8) is 0 Å². The maximum atomic E-state index is 12.4. The monoisotopic (exact) mass is 525 g/mol. The number of ether oxygens (including phenoxy) is 3. The van der Waals surface area contributed by atoms with E-state index in [4.69, 9.17) is 14.2 Å². The van der Waals surface area contributed by atoms with Crippen molar-refractivity contribution in [3.05, 3.63) is 34.7 Å². The van der Waals surface area contributed by atoms with Crippen molar-refractivity contribution in [2.24, 2.45) is 23.2 Å². The highest BCUT2D eigenvalue weighted by molar-refractivity contribution is 5.93. The number of nitrogens with zero attached hydrogens (tertiary/aromatic N) is 1. The number of cyclic esters (lactones) is 1. The molecule has 5 unspecified atom stereocenters. The summed E-state index contributed by atoms with van der Waals surface area (Å²) >= 11 is 0. The van der Waals surface area contributed by atoms with E-state index in [2.05, 4.69) is 17.9 Å². The predicted molar refractivity (Wildman–Crippen MR) is 145 cm³/mol. The molecule has 0 aromatic carbocycles. The molecule has 5 atom stereocenters. The molecular weight excluding hydrogens is 478 g/mol. The molecule has 210 valence electrons. The number of aliphatic hydroxyl groups is 1. The summed E-state index contributed by atoms with van der Waals surface area (Å²) in [6.45, 7) is 5.01. The third-order valence-electron chi connectivity index (χ3n) is 10.8. The first-order valence-electron chi connectivity index (χ1n) is 15.5. The van der Waals surface area contributed by atoms with E-state index in [0.29, 0.717) is 29.1 Å². The van der Waals surface area contributed by atoms with Gasteiger partial charge < -0.3 is 19.3 Å². The third kappa shape index (κ3) is 4.64. The number of carbonyl (C=O) groups is 1. The highest BCUT2D eigenvalue weighted by Gasteiger charge is 2.53. The summed E-state index contributed by atoms with van der Waals surface area (Å²) in [6, 6.07) is 0.538. The van der Waals surface area contributed by atoms with Crippen LogP contribution < -0.4 is 0 Å². The molecule has 0 amide bonds. The highest BCUT2D eigenvalue weighted by atomic mass is 16.6. The summed E-state index contributed by atoms with van der Waals surface area (Å²) in [5.41, 5.74) is 0.587. The Morgan fingerprint density at radius 3 is 2.53 bits per heavy atom. The maximum Gasteiger partial charge on any atom is 0.343 e. The van der Waals surface area contributed by atoms with E-state index in [1.165, 1.54) is 64.2 Å². The lowest BCUT2D eigenvalue weighted by Gasteiger charge is -2.49. The lowest BCUT2D eigenvalue weighted by molar-refractivity contribution is -0.133. The van der Waals surface area contributed by atoms with Crippen molar-refractivity contribution in [2.75, 3.05) is 13.7 Å². The van der Waals surface area contributed by atoms with Gasteiger partial charge in [0.25, 0.3) is 0 Å². The van der Waals surface area contributed by atoms with Gasteiger partial charge in [-0.15, -0.1) is 0 Å². The van der Waals surface area contributed by atoms with Gasteiger partial charge in [0.05, 0.1) is 18.8 Å². The number of rotatable bonds is 4. The molecule has 6 heteroatoms. The highest BCUT2D eigenvalue weighted by Crippen LogP contribution is 2.54. The maximum absolute atomic E-state index is 12.4. The molecule has 0 aromatic heterocycles. The minimum Gasteiger partial charge on any atom is -0.492 e. The predicted octanol–water partition coefficient (Wildman–Crippen LogP) is 6.36. The molecule has 6 nitrogen and oxygen atoms in total. The van der Waals surface area contributed by atoms with Gasteiger partial charge in [0.15, 0.2) is 11.5 Å². The topological polar surface area (TPSA) is 68.2 Å². The van der Waals surface area contributed by atoms with Crippen molar-refractivity contribution in [1.29, 1.82) is 0 Å². The lowest BCUT2D eigenvalue weighted by Crippen LogP contribution is -2.57. The molecule has 2 saturated carbocycles. The Kier molecular flexibility index (Phi) is 7.41. The van der Waals surface area contributed by atoms with Gasteiger partial charge in [-0.2, -0.15) is 0 Å². The summed E-state index contributed by atoms with van der Waals surface area (Å²) in [5.74, 6) is 3.35. The Morgan fingerprint density at radius 1 is 1.05 bits per heavy atom. The van der Waals surface area contributed by atoms with E-state index in [1.807, 2.05) is 0 Å². The van der Waals surface area contributed by atoms with Crippen LogP contribution in [0.3, 0.4) is 0 Å². The minimum absolute atomic E-state index is 0.0700. The lowest BCUT2D eigenvalue weighted by atomic mass is 9.73. The van der Waals surface area contributed by atoms with Gasteiger partial charge in [0.2, 0.25) is 5.76 Å². The number of hydrogen-bond acceptors (Lipinski definition) is 6. The van der Waals surface area contributed by atoms with Crippen LogP contribution >= 0.6 is 0 Å². The summed E-state index contributed by atoms with van der Waals surface area (Å²) < 4.78 is 18.1. The van der Waals surface area contributed by atoms with Crippen LogP contribution in [0.1, 0.15) is 104 Å². The van der Waals surface area contributed by atoms with Gasteiger partial charge in [-0.25, -0.2) is 4.79 Å². The van der Waals surface area contributed by atoms with Gasteiger partial charge in [-0.3, -0.25) is 4.90 Å². The minimum atomic E-state index is -0.352. The van der Waals surface area contributed by atoms with Crippen molar-refractivity contribution in [3.8, 4) is 0 Å². The molecule has 1 N–H and O–H groups in total. The van der Waals surface area contributed by atoms with Crippen LogP contribution in [0.4, 0.5) is 0 Å². The van der Waals surface area contributed by atoms with Gasteiger partial charge in [-0.1, -0.05) is 64.7 Å². The van der Waals surface area contributed by atoms with E-state index in [9.17, 15) is 9.90 Å². The number of methoxy groups -OCH3 is 1. The zero-order valence-corrected chi connectivity index (χ0v) is 23.7. The summed E-state index contributed by atoms with van der Waals surface area (Å²) in [5, 5.41) is 11.7. The molecular formula is C32H47NO5. The number of esters is 1. The Hall–Kier alpha value is -1.79. The van der Waals surface area contributed by atoms with Crippen molar-refractivity contribution in [2.45, 2.75) is 122 Å². The fraction of sp³-hybridized carbons (Fsp3) is 0.781. The SMILES string of the molecule is COC1=C(C)C(=O)OC1=C1OC2=CC3(CCCCC3)CN3C(C(O)CC4CCCCC4)CCCC3C2C1C. The molecule has 0 bridgehead atoms. The Labute approximate surface area is 228 Å². The van der Waals surface area contributed by atoms with Crippen LogP contribution in [-0.2, 0) is 19.0 Å². The number of fused-ring (bicyclic) bond motifs is 3. The summed E-state index contributed by atoms with van der Waals surface area (Å²) in [6.07, 6.45) is 19.2. The molecule has 4 fully saturated rings. The van der Waals surface area contributed by atoms with E-state index in [0.717, 1.165) is 43.7 Å². The number of aliphatic hydroxyl groups excluding tert-OH is 1. The smallest absolute Gasteiger partial charge is 0.343 e. The van der Waals surface area contributed by atoms with Crippen LogP contribution in [0.25, 0.3) is 0 Å².